The van der Waals surface area contributed by atoms with E-state index < -0.39 is 16.9 Å². The van der Waals surface area contributed by atoms with Crippen LogP contribution in [0.25, 0.3) is 10.8 Å². The van der Waals surface area contributed by atoms with Gasteiger partial charge in [-0.3, -0.25) is 14.9 Å². The summed E-state index contributed by atoms with van der Waals surface area (Å²) in [7, 11) is 0. The number of rotatable bonds is 4. The van der Waals surface area contributed by atoms with Gasteiger partial charge in [0.2, 0.25) is 0 Å². The van der Waals surface area contributed by atoms with Crippen LogP contribution < -0.4 is 5.73 Å². The van der Waals surface area contributed by atoms with Crippen LogP contribution >= 0.6 is 0 Å². The van der Waals surface area contributed by atoms with Crippen molar-refractivity contribution in [3.05, 3.63) is 52.1 Å². The Balaban J connectivity index is 2.52. The average molecular weight is 260 g/mol. The molecule has 0 aromatic heterocycles. The zero-order valence-corrected chi connectivity index (χ0v) is 9.95. The molecule has 0 saturated heterocycles. The molecule has 6 nitrogen and oxygen atoms in total. The number of carbonyl (C=O) groups is 1. The van der Waals surface area contributed by atoms with E-state index in [1.54, 1.807) is 30.3 Å². The van der Waals surface area contributed by atoms with Gasteiger partial charge in [0.05, 0.1) is 10.3 Å². The monoisotopic (exact) mass is 260 g/mol. The number of fused-ring (bicyclic) bond motifs is 1. The van der Waals surface area contributed by atoms with Gasteiger partial charge in [0.1, 0.15) is 6.04 Å². The zero-order valence-electron chi connectivity index (χ0n) is 9.95. The molecule has 0 bridgehead atoms. The topological polar surface area (TPSA) is 106 Å². The highest BCUT2D eigenvalue weighted by Gasteiger charge is 2.17. The van der Waals surface area contributed by atoms with Gasteiger partial charge in [-0.15, -0.1) is 0 Å². The predicted octanol–water partition coefficient (Wildman–Crippen LogP) is 1.70. The third-order valence-electron chi connectivity index (χ3n) is 2.87. The zero-order chi connectivity index (χ0) is 14.0. The third kappa shape index (κ3) is 2.69. The average Bonchev–Trinajstić information content (AvgIpc) is 2.37. The molecule has 98 valence electrons. The van der Waals surface area contributed by atoms with E-state index in [0.717, 1.165) is 0 Å². The highest BCUT2D eigenvalue weighted by atomic mass is 16.6. The van der Waals surface area contributed by atoms with E-state index >= 15 is 0 Å². The molecular formula is C13H12N2O4. The lowest BCUT2D eigenvalue weighted by Gasteiger charge is -2.08. The minimum absolute atomic E-state index is 0.0364. The lowest BCUT2D eigenvalue weighted by molar-refractivity contribution is -0.383. The molecule has 0 heterocycles. The van der Waals surface area contributed by atoms with Gasteiger partial charge in [-0.1, -0.05) is 24.3 Å². The molecule has 0 radical (unpaired) electrons. The number of nitrogens with two attached hydrogens (primary N) is 1. The van der Waals surface area contributed by atoms with Gasteiger partial charge >= 0.3 is 5.97 Å². The molecule has 19 heavy (non-hydrogen) atoms. The summed E-state index contributed by atoms with van der Waals surface area (Å²) in [6.07, 6.45) is 0.0566. The quantitative estimate of drug-likeness (QED) is 0.642. The maximum atomic E-state index is 11.0. The Kier molecular flexibility index (Phi) is 3.43. The first-order valence-electron chi connectivity index (χ1n) is 5.63. The van der Waals surface area contributed by atoms with Crippen LogP contribution in [0.15, 0.2) is 36.4 Å². The summed E-state index contributed by atoms with van der Waals surface area (Å²) in [5.74, 6) is -1.13. The van der Waals surface area contributed by atoms with E-state index in [4.69, 9.17) is 10.8 Å². The van der Waals surface area contributed by atoms with Crippen molar-refractivity contribution >= 4 is 22.4 Å². The maximum absolute atomic E-state index is 11.0. The fourth-order valence-corrected chi connectivity index (χ4v) is 1.96. The van der Waals surface area contributed by atoms with Crippen molar-refractivity contribution < 1.29 is 14.8 Å². The molecular weight excluding hydrogens is 248 g/mol. The first-order chi connectivity index (χ1) is 8.99. The second-order valence-corrected chi connectivity index (χ2v) is 4.24. The maximum Gasteiger partial charge on any atom is 0.320 e. The molecule has 2 aromatic carbocycles. The van der Waals surface area contributed by atoms with Gasteiger partial charge in [-0.25, -0.2) is 0 Å². The molecule has 0 aliphatic heterocycles. The lowest BCUT2D eigenvalue weighted by Crippen LogP contribution is -2.32. The molecule has 0 amide bonds. The van der Waals surface area contributed by atoms with Crippen LogP contribution in [-0.2, 0) is 11.2 Å². The Labute approximate surface area is 108 Å². The van der Waals surface area contributed by atoms with Crippen molar-refractivity contribution in [3.63, 3.8) is 0 Å². The lowest BCUT2D eigenvalue weighted by atomic mass is 10.0. The number of nitro groups is 1. The molecule has 0 unspecified atom stereocenters. The third-order valence-corrected chi connectivity index (χ3v) is 2.87. The van der Waals surface area contributed by atoms with Crippen molar-refractivity contribution in [1.29, 1.82) is 0 Å². The summed E-state index contributed by atoms with van der Waals surface area (Å²) in [4.78, 5) is 21.3. The number of hydrogen-bond acceptors (Lipinski definition) is 4. The molecule has 2 rings (SSSR count). The summed E-state index contributed by atoms with van der Waals surface area (Å²) >= 11 is 0. The number of nitro benzene ring substituents is 1. The van der Waals surface area contributed by atoms with Crippen molar-refractivity contribution in [3.8, 4) is 0 Å². The normalized spacial score (nSPS) is 12.3. The summed E-state index contributed by atoms with van der Waals surface area (Å²) in [5.41, 5.74) is 5.95. The van der Waals surface area contributed by atoms with Crippen LogP contribution in [0.3, 0.4) is 0 Å². The van der Waals surface area contributed by atoms with Crippen molar-refractivity contribution in [1.82, 2.24) is 0 Å². The van der Waals surface area contributed by atoms with Crippen LogP contribution in [0, 0.1) is 10.1 Å². The van der Waals surface area contributed by atoms with Crippen LogP contribution in [-0.4, -0.2) is 22.0 Å². The predicted molar refractivity (Wildman–Crippen MR) is 69.9 cm³/mol. The molecule has 3 N–H and O–H groups in total. The fraction of sp³-hybridized carbons (Fsp3) is 0.154. The number of carboxylic acid groups (broad SMARTS) is 1. The van der Waals surface area contributed by atoms with Gasteiger partial charge < -0.3 is 10.8 Å². The molecule has 6 heteroatoms. The van der Waals surface area contributed by atoms with Crippen molar-refractivity contribution in [2.24, 2.45) is 5.73 Å². The van der Waals surface area contributed by atoms with E-state index in [9.17, 15) is 14.9 Å². The van der Waals surface area contributed by atoms with E-state index in [-0.39, 0.29) is 12.1 Å². The molecule has 0 saturated carbocycles. The van der Waals surface area contributed by atoms with Crippen molar-refractivity contribution in [2.75, 3.05) is 0 Å². The van der Waals surface area contributed by atoms with E-state index in [1.165, 1.54) is 6.07 Å². The largest absolute Gasteiger partial charge is 0.480 e. The summed E-state index contributed by atoms with van der Waals surface area (Å²) in [6, 6.07) is 8.94. The number of carboxylic acids is 1. The van der Waals surface area contributed by atoms with Crippen LogP contribution in [0.2, 0.25) is 0 Å². The second-order valence-electron chi connectivity index (χ2n) is 4.24. The molecule has 0 fully saturated rings. The second kappa shape index (κ2) is 5.03. The number of non-ortho nitro benzene ring substituents is 1. The number of aliphatic carboxylic acids is 1. The summed E-state index contributed by atoms with van der Waals surface area (Å²) in [5, 5.41) is 21.0. The SMILES string of the molecule is N[C@H](Cc1cc([N+](=O)[O-])c2ccccc2c1)C(=O)O. The van der Waals surface area contributed by atoms with Gasteiger partial charge in [0.15, 0.2) is 0 Å². The molecule has 0 spiro atoms. The minimum Gasteiger partial charge on any atom is -0.480 e. The smallest absolute Gasteiger partial charge is 0.320 e. The highest BCUT2D eigenvalue weighted by Crippen LogP contribution is 2.27. The first kappa shape index (κ1) is 13.0. The Hall–Kier alpha value is -2.47. The van der Waals surface area contributed by atoms with Crippen LogP contribution in [0.5, 0.6) is 0 Å². The Morgan fingerprint density at radius 3 is 2.68 bits per heavy atom. The molecule has 0 aliphatic carbocycles. The highest BCUT2D eigenvalue weighted by molar-refractivity contribution is 5.91. The number of hydrogen-bond donors (Lipinski definition) is 2. The minimum atomic E-state index is -1.13. The fourth-order valence-electron chi connectivity index (χ4n) is 1.96. The van der Waals surface area contributed by atoms with E-state index in [2.05, 4.69) is 0 Å². The van der Waals surface area contributed by atoms with Crippen LogP contribution in [0.1, 0.15) is 5.56 Å². The molecule has 1 atom stereocenters. The van der Waals surface area contributed by atoms with E-state index in [1.807, 2.05) is 0 Å². The van der Waals surface area contributed by atoms with Gasteiger partial charge in [0.25, 0.3) is 5.69 Å². The van der Waals surface area contributed by atoms with Crippen molar-refractivity contribution in [2.45, 2.75) is 12.5 Å². The summed E-state index contributed by atoms with van der Waals surface area (Å²) in [6.45, 7) is 0. The number of benzene rings is 2. The molecule has 0 aliphatic rings. The Morgan fingerprint density at radius 1 is 1.37 bits per heavy atom. The molecule has 2 aromatic rings. The van der Waals surface area contributed by atoms with Gasteiger partial charge in [0, 0.05) is 6.07 Å². The first-order valence-corrected chi connectivity index (χ1v) is 5.63. The summed E-state index contributed by atoms with van der Waals surface area (Å²) < 4.78 is 0. The Morgan fingerprint density at radius 2 is 2.05 bits per heavy atom. The van der Waals surface area contributed by atoms with Gasteiger partial charge in [-0.05, 0) is 23.4 Å². The Bertz CT molecular complexity index is 654. The van der Waals surface area contributed by atoms with E-state index in [0.29, 0.717) is 16.3 Å². The standard InChI is InChI=1S/C13H12N2O4/c14-11(13(16)17)6-8-5-9-3-1-2-4-10(9)12(7-8)15(18)19/h1-5,7,11H,6,14H2,(H,16,17)/t11-/m1/s1. The van der Waals surface area contributed by atoms with Crippen LogP contribution in [0.4, 0.5) is 5.69 Å². The number of nitrogens with zero attached hydrogens (tertiary/aromatic N) is 1. The van der Waals surface area contributed by atoms with Gasteiger partial charge in [-0.2, -0.15) is 0 Å².